The minimum Gasteiger partial charge on any atom is -0.496 e. The highest BCUT2D eigenvalue weighted by atomic mass is 32.2. The molecule has 2 aromatic carbocycles. The smallest absolute Gasteiger partial charge is 0.333 e. The number of ether oxygens (including phenoxy) is 3. The molecule has 262 valence electrons. The molecule has 4 amide bonds. The Kier molecular flexibility index (Phi) is 12.6. The number of carbonyl (C=O) groups is 5. The zero-order chi connectivity index (χ0) is 35.8. The molecule has 14 nitrogen and oxygen atoms in total. The van der Waals surface area contributed by atoms with Crippen LogP contribution in [0.1, 0.15) is 82.6 Å². The standard InChI is InChI=1S/C33H44N4O10S/c1-8-10-28(39)46-20-36-27(38)16-17-35(32(36)42)24-18-25(30(45-6)26(19-24)33(3,4)5)31(41)34-22-12-14-23(15-13-22)37(48(7,43)44)21-47-29(40)11-9-2/h12-15,18-19H,8-11,16-17,20-21H2,1-7H3,(H,34,41). The number of hydrogen-bond donors (Lipinski definition) is 1. The van der Waals surface area contributed by atoms with Crippen LogP contribution in [0.4, 0.5) is 21.9 Å². The third-order valence-electron chi connectivity index (χ3n) is 7.37. The fourth-order valence-electron chi connectivity index (χ4n) is 4.86. The maximum Gasteiger partial charge on any atom is 0.333 e. The van der Waals surface area contributed by atoms with Crippen molar-refractivity contribution in [1.82, 2.24) is 4.90 Å². The van der Waals surface area contributed by atoms with Gasteiger partial charge in [-0.3, -0.25) is 24.1 Å². The van der Waals surface area contributed by atoms with Gasteiger partial charge in [0.15, 0.2) is 13.5 Å². The van der Waals surface area contributed by atoms with E-state index < -0.39 is 58.7 Å². The van der Waals surface area contributed by atoms with Crippen LogP contribution in [0.25, 0.3) is 0 Å². The van der Waals surface area contributed by atoms with E-state index in [0.29, 0.717) is 29.8 Å². The lowest BCUT2D eigenvalue weighted by atomic mass is 9.84. The zero-order valence-electron chi connectivity index (χ0n) is 28.5. The average Bonchev–Trinajstić information content (AvgIpc) is 3.00. The molecule has 1 heterocycles. The summed E-state index contributed by atoms with van der Waals surface area (Å²) in [5.41, 5.74) is 1.06. The molecule has 0 unspecified atom stereocenters. The summed E-state index contributed by atoms with van der Waals surface area (Å²) in [6.07, 6.45) is 2.38. The van der Waals surface area contributed by atoms with Gasteiger partial charge in [-0.15, -0.1) is 0 Å². The lowest BCUT2D eigenvalue weighted by Gasteiger charge is -2.35. The molecule has 0 aromatic heterocycles. The van der Waals surface area contributed by atoms with Gasteiger partial charge in [0.1, 0.15) is 5.75 Å². The van der Waals surface area contributed by atoms with Crippen LogP contribution < -0.4 is 19.3 Å². The van der Waals surface area contributed by atoms with Crippen LogP contribution in [0, 0.1) is 0 Å². The number of nitrogens with one attached hydrogen (secondary N) is 1. The fraction of sp³-hybridized carbons (Fsp3) is 0.485. The van der Waals surface area contributed by atoms with Crippen LogP contribution in [0.2, 0.25) is 0 Å². The Balaban J connectivity index is 1.94. The van der Waals surface area contributed by atoms with Gasteiger partial charge in [0.2, 0.25) is 15.9 Å². The molecule has 48 heavy (non-hydrogen) atoms. The number of carbonyl (C=O) groups excluding carboxylic acids is 5. The second-order valence-electron chi connectivity index (χ2n) is 12.2. The predicted octanol–water partition coefficient (Wildman–Crippen LogP) is 4.77. The summed E-state index contributed by atoms with van der Waals surface area (Å²) < 4.78 is 41.8. The quantitative estimate of drug-likeness (QED) is 0.216. The van der Waals surface area contributed by atoms with Crippen molar-refractivity contribution in [1.29, 1.82) is 0 Å². The average molecular weight is 689 g/mol. The first-order chi connectivity index (χ1) is 22.5. The van der Waals surface area contributed by atoms with E-state index >= 15 is 0 Å². The molecule has 1 saturated heterocycles. The number of imide groups is 1. The van der Waals surface area contributed by atoms with Crippen LogP contribution in [-0.2, 0) is 39.3 Å². The first-order valence-electron chi connectivity index (χ1n) is 15.6. The number of hydrogen-bond acceptors (Lipinski definition) is 10. The number of esters is 2. The van der Waals surface area contributed by atoms with Gasteiger partial charge < -0.3 is 19.5 Å². The van der Waals surface area contributed by atoms with E-state index in [-0.39, 0.29) is 42.8 Å². The molecule has 0 saturated carbocycles. The SMILES string of the molecule is CCCC(=O)OCN1C(=O)CCN(c2cc(C(=O)Nc3ccc(N(COC(=O)CCC)S(C)(=O)=O)cc3)c(OC)c(C(C)(C)C)c2)C1=O. The van der Waals surface area contributed by atoms with Gasteiger partial charge in [0, 0.05) is 42.7 Å². The number of benzene rings is 2. The highest BCUT2D eigenvalue weighted by Crippen LogP contribution is 2.39. The number of amides is 4. The van der Waals surface area contributed by atoms with Crippen molar-refractivity contribution >= 4 is 56.9 Å². The van der Waals surface area contributed by atoms with Gasteiger partial charge in [0.05, 0.1) is 24.6 Å². The third kappa shape index (κ3) is 9.46. The minimum absolute atomic E-state index is 0.0237. The van der Waals surface area contributed by atoms with Gasteiger partial charge >= 0.3 is 18.0 Å². The Morgan fingerprint density at radius 1 is 0.958 bits per heavy atom. The van der Waals surface area contributed by atoms with Gasteiger partial charge in [-0.1, -0.05) is 34.6 Å². The number of urea groups is 1. The summed E-state index contributed by atoms with van der Waals surface area (Å²) in [5, 5.41) is 2.79. The van der Waals surface area contributed by atoms with Crippen LogP contribution >= 0.6 is 0 Å². The summed E-state index contributed by atoms with van der Waals surface area (Å²) in [6.45, 7) is 8.40. The summed E-state index contributed by atoms with van der Waals surface area (Å²) in [4.78, 5) is 65.9. The second kappa shape index (κ2) is 16.0. The Labute approximate surface area is 281 Å². The minimum atomic E-state index is -3.80. The molecule has 1 aliphatic heterocycles. The second-order valence-corrected chi connectivity index (χ2v) is 14.1. The van der Waals surface area contributed by atoms with Gasteiger partial charge in [0.25, 0.3) is 5.91 Å². The van der Waals surface area contributed by atoms with Crippen LogP contribution in [0.5, 0.6) is 5.75 Å². The molecule has 0 spiro atoms. The summed E-state index contributed by atoms with van der Waals surface area (Å²) in [6, 6.07) is 8.44. The fourth-order valence-corrected chi connectivity index (χ4v) is 5.61. The molecule has 1 aliphatic rings. The Morgan fingerprint density at radius 3 is 2.10 bits per heavy atom. The van der Waals surface area contributed by atoms with Gasteiger partial charge in [-0.25, -0.2) is 22.4 Å². The van der Waals surface area contributed by atoms with E-state index in [9.17, 15) is 32.4 Å². The van der Waals surface area contributed by atoms with Crippen molar-refractivity contribution in [3.05, 3.63) is 47.5 Å². The lowest BCUT2D eigenvalue weighted by molar-refractivity contribution is -0.150. The summed E-state index contributed by atoms with van der Waals surface area (Å²) >= 11 is 0. The highest BCUT2D eigenvalue weighted by molar-refractivity contribution is 7.92. The monoisotopic (exact) mass is 688 g/mol. The molecule has 0 bridgehead atoms. The van der Waals surface area contributed by atoms with Crippen molar-refractivity contribution in [2.24, 2.45) is 0 Å². The molecule has 1 fully saturated rings. The number of rotatable bonds is 14. The first-order valence-corrected chi connectivity index (χ1v) is 17.4. The largest absolute Gasteiger partial charge is 0.496 e. The molecule has 2 aromatic rings. The molecule has 3 rings (SSSR count). The van der Waals surface area contributed by atoms with Crippen molar-refractivity contribution in [2.75, 3.05) is 47.9 Å². The molecule has 0 atom stereocenters. The molecular weight excluding hydrogens is 644 g/mol. The lowest BCUT2D eigenvalue weighted by Crippen LogP contribution is -2.53. The van der Waals surface area contributed by atoms with Gasteiger partial charge in [-0.2, -0.15) is 0 Å². The predicted molar refractivity (Wildman–Crippen MR) is 179 cm³/mol. The van der Waals surface area contributed by atoms with E-state index in [1.807, 2.05) is 27.7 Å². The summed E-state index contributed by atoms with van der Waals surface area (Å²) in [5.74, 6) is -1.84. The molecular formula is C33H44N4O10S. The molecule has 0 aliphatic carbocycles. The van der Waals surface area contributed by atoms with Crippen molar-refractivity contribution < 1.29 is 46.6 Å². The van der Waals surface area contributed by atoms with Crippen LogP contribution in [0.15, 0.2) is 36.4 Å². The number of methoxy groups -OCH3 is 1. The molecule has 1 N–H and O–H groups in total. The van der Waals surface area contributed by atoms with Gasteiger partial charge in [-0.05, 0) is 54.7 Å². The summed E-state index contributed by atoms with van der Waals surface area (Å²) in [7, 11) is -2.37. The topological polar surface area (TPSA) is 169 Å². The van der Waals surface area contributed by atoms with E-state index in [0.717, 1.165) is 15.5 Å². The molecule has 15 heteroatoms. The van der Waals surface area contributed by atoms with Crippen molar-refractivity contribution in [3.8, 4) is 5.75 Å². The highest BCUT2D eigenvalue weighted by Gasteiger charge is 2.36. The maximum atomic E-state index is 13.8. The Hall–Kier alpha value is -4.66. The first kappa shape index (κ1) is 37.8. The van der Waals surface area contributed by atoms with Crippen LogP contribution in [0.3, 0.4) is 0 Å². The number of sulfonamides is 1. The zero-order valence-corrected chi connectivity index (χ0v) is 29.3. The van der Waals surface area contributed by atoms with E-state index in [4.69, 9.17) is 14.2 Å². The third-order valence-corrected chi connectivity index (χ3v) is 8.49. The normalized spacial score (nSPS) is 13.6. The Morgan fingerprint density at radius 2 is 1.56 bits per heavy atom. The van der Waals surface area contributed by atoms with Crippen molar-refractivity contribution in [3.63, 3.8) is 0 Å². The van der Waals surface area contributed by atoms with Crippen molar-refractivity contribution in [2.45, 2.75) is 72.1 Å². The molecule has 0 radical (unpaired) electrons. The number of nitrogens with zero attached hydrogens (tertiary/aromatic N) is 3. The number of anilines is 3. The van der Waals surface area contributed by atoms with E-state index in [2.05, 4.69) is 5.32 Å². The van der Waals surface area contributed by atoms with E-state index in [1.165, 1.54) is 42.3 Å². The maximum absolute atomic E-state index is 13.8. The van der Waals surface area contributed by atoms with E-state index in [1.54, 1.807) is 13.0 Å². The van der Waals surface area contributed by atoms with Crippen LogP contribution in [-0.4, -0.2) is 76.5 Å². The Bertz CT molecular complexity index is 1630.